The zero-order chi connectivity index (χ0) is 15.4. The van der Waals surface area contributed by atoms with E-state index in [1.807, 2.05) is 13.8 Å². The molecule has 0 bridgehead atoms. The molecule has 21 heavy (non-hydrogen) atoms. The molecule has 0 saturated heterocycles. The van der Waals surface area contributed by atoms with Gasteiger partial charge in [-0.3, -0.25) is 9.59 Å². The summed E-state index contributed by atoms with van der Waals surface area (Å²) in [5, 5.41) is 6.66. The molecule has 0 fully saturated rings. The molecular weight excluding hydrogens is 294 g/mol. The van der Waals surface area contributed by atoms with Crippen LogP contribution in [0.4, 0.5) is 0 Å². The van der Waals surface area contributed by atoms with Crippen LogP contribution in [0.5, 0.6) is 0 Å². The number of pyridine rings is 1. The third kappa shape index (κ3) is 3.72. The average molecular weight is 310 g/mol. The minimum absolute atomic E-state index is 0.00151. The third-order valence-corrected chi connectivity index (χ3v) is 3.47. The van der Waals surface area contributed by atoms with E-state index >= 15 is 0 Å². The monoisotopic (exact) mass is 309 g/mol. The lowest BCUT2D eigenvalue weighted by Gasteiger charge is -2.05. The highest BCUT2D eigenvalue weighted by molar-refractivity contribution is 6.30. The van der Waals surface area contributed by atoms with Gasteiger partial charge in [0.25, 0.3) is 11.5 Å². The van der Waals surface area contributed by atoms with Gasteiger partial charge in [0.2, 0.25) is 0 Å². The SMILES string of the molecule is Cc1noc(C)c1CCCNC(=O)c1c[nH]c(=O)c(Cl)c1. The molecule has 0 aliphatic rings. The Kier molecular flexibility index (Phi) is 4.80. The Morgan fingerprint density at radius 2 is 2.24 bits per heavy atom. The van der Waals surface area contributed by atoms with E-state index in [1.165, 1.54) is 12.3 Å². The van der Waals surface area contributed by atoms with E-state index in [4.69, 9.17) is 16.1 Å². The highest BCUT2D eigenvalue weighted by Gasteiger charge is 2.10. The number of H-pyrrole nitrogens is 1. The van der Waals surface area contributed by atoms with Gasteiger partial charge in [-0.1, -0.05) is 16.8 Å². The van der Waals surface area contributed by atoms with Crippen molar-refractivity contribution >= 4 is 17.5 Å². The molecule has 0 saturated carbocycles. The van der Waals surface area contributed by atoms with Crippen molar-refractivity contribution in [3.05, 3.63) is 50.2 Å². The number of aryl methyl sites for hydroxylation is 2. The topological polar surface area (TPSA) is 88.0 Å². The van der Waals surface area contributed by atoms with Crippen LogP contribution in [-0.2, 0) is 6.42 Å². The quantitative estimate of drug-likeness (QED) is 0.827. The van der Waals surface area contributed by atoms with Gasteiger partial charge in [0.15, 0.2) is 0 Å². The van der Waals surface area contributed by atoms with Gasteiger partial charge in [0.1, 0.15) is 10.8 Å². The average Bonchev–Trinajstić information content (AvgIpc) is 2.77. The Balaban J connectivity index is 1.84. The summed E-state index contributed by atoms with van der Waals surface area (Å²) in [6.07, 6.45) is 2.90. The fourth-order valence-corrected chi connectivity index (χ4v) is 2.19. The number of hydrogen-bond donors (Lipinski definition) is 2. The van der Waals surface area contributed by atoms with Gasteiger partial charge in [0.05, 0.1) is 11.3 Å². The first kappa shape index (κ1) is 15.3. The number of amides is 1. The van der Waals surface area contributed by atoms with Gasteiger partial charge in [-0.25, -0.2) is 0 Å². The summed E-state index contributed by atoms with van der Waals surface area (Å²) in [5.41, 5.74) is 1.88. The van der Waals surface area contributed by atoms with Gasteiger partial charge in [-0.2, -0.15) is 0 Å². The minimum atomic E-state index is -0.411. The molecule has 0 unspecified atom stereocenters. The van der Waals surface area contributed by atoms with Gasteiger partial charge in [-0.15, -0.1) is 0 Å². The largest absolute Gasteiger partial charge is 0.361 e. The second-order valence-electron chi connectivity index (χ2n) is 4.73. The second-order valence-corrected chi connectivity index (χ2v) is 5.13. The number of aromatic amines is 1. The summed E-state index contributed by atoms with van der Waals surface area (Å²) >= 11 is 5.68. The van der Waals surface area contributed by atoms with Crippen LogP contribution in [-0.4, -0.2) is 22.6 Å². The minimum Gasteiger partial charge on any atom is -0.361 e. The van der Waals surface area contributed by atoms with Crippen LogP contribution in [0.1, 0.15) is 33.8 Å². The van der Waals surface area contributed by atoms with Crippen LogP contribution < -0.4 is 10.9 Å². The van der Waals surface area contributed by atoms with Gasteiger partial charge >= 0.3 is 0 Å². The molecule has 0 aromatic carbocycles. The molecule has 0 atom stereocenters. The summed E-state index contributed by atoms with van der Waals surface area (Å²) in [4.78, 5) is 25.4. The fourth-order valence-electron chi connectivity index (χ4n) is 2.02. The van der Waals surface area contributed by atoms with E-state index in [9.17, 15) is 9.59 Å². The van der Waals surface area contributed by atoms with E-state index in [0.29, 0.717) is 12.1 Å². The fraction of sp³-hybridized carbons (Fsp3) is 0.357. The molecule has 112 valence electrons. The summed E-state index contributed by atoms with van der Waals surface area (Å²) in [7, 11) is 0. The first-order valence-corrected chi connectivity index (χ1v) is 6.95. The summed E-state index contributed by atoms with van der Waals surface area (Å²) in [6.45, 7) is 4.28. The molecule has 2 heterocycles. The van der Waals surface area contributed by atoms with Crippen molar-refractivity contribution in [3.63, 3.8) is 0 Å². The van der Waals surface area contributed by atoms with E-state index in [0.717, 1.165) is 29.9 Å². The second kappa shape index (κ2) is 6.58. The van der Waals surface area contributed by atoms with E-state index in [2.05, 4.69) is 15.5 Å². The number of hydrogen-bond acceptors (Lipinski definition) is 4. The number of rotatable bonds is 5. The van der Waals surface area contributed by atoms with Crippen LogP contribution in [0.15, 0.2) is 21.6 Å². The Labute approximate surface area is 126 Å². The van der Waals surface area contributed by atoms with Crippen molar-refractivity contribution in [3.8, 4) is 0 Å². The molecule has 0 spiro atoms. The number of carbonyl (C=O) groups is 1. The molecule has 2 rings (SSSR count). The maximum atomic E-state index is 11.9. The smallest absolute Gasteiger partial charge is 0.266 e. The maximum Gasteiger partial charge on any atom is 0.266 e. The first-order valence-electron chi connectivity index (χ1n) is 6.57. The van der Waals surface area contributed by atoms with Crippen LogP contribution in [0.25, 0.3) is 0 Å². The van der Waals surface area contributed by atoms with Crippen molar-refractivity contribution in [1.29, 1.82) is 0 Å². The normalized spacial score (nSPS) is 10.6. The predicted molar refractivity (Wildman–Crippen MR) is 78.7 cm³/mol. The molecule has 0 radical (unpaired) electrons. The van der Waals surface area contributed by atoms with Crippen LogP contribution in [0.3, 0.4) is 0 Å². The van der Waals surface area contributed by atoms with Crippen molar-refractivity contribution in [2.45, 2.75) is 26.7 Å². The molecule has 0 aliphatic heterocycles. The number of nitrogens with zero attached hydrogens (tertiary/aromatic N) is 1. The van der Waals surface area contributed by atoms with E-state index in [-0.39, 0.29) is 10.9 Å². The lowest BCUT2D eigenvalue weighted by Crippen LogP contribution is -2.25. The molecule has 2 aromatic rings. The zero-order valence-electron chi connectivity index (χ0n) is 11.8. The lowest BCUT2D eigenvalue weighted by molar-refractivity contribution is 0.0953. The van der Waals surface area contributed by atoms with Crippen LogP contribution >= 0.6 is 11.6 Å². The highest BCUT2D eigenvalue weighted by atomic mass is 35.5. The number of aromatic nitrogens is 2. The van der Waals surface area contributed by atoms with Crippen molar-refractivity contribution < 1.29 is 9.32 Å². The molecule has 1 amide bonds. The molecule has 6 nitrogen and oxygen atoms in total. The molecule has 0 aliphatic carbocycles. The van der Waals surface area contributed by atoms with Crippen LogP contribution in [0, 0.1) is 13.8 Å². The Morgan fingerprint density at radius 1 is 1.48 bits per heavy atom. The molecule has 7 heteroatoms. The Morgan fingerprint density at radius 3 is 2.86 bits per heavy atom. The third-order valence-electron chi connectivity index (χ3n) is 3.19. The van der Waals surface area contributed by atoms with Gasteiger partial charge in [-0.05, 0) is 32.8 Å². The highest BCUT2D eigenvalue weighted by Crippen LogP contribution is 2.13. The molecule has 2 aromatic heterocycles. The first-order chi connectivity index (χ1) is 9.99. The molecule has 2 N–H and O–H groups in total. The summed E-state index contributed by atoms with van der Waals surface area (Å²) in [5.74, 6) is 0.540. The zero-order valence-corrected chi connectivity index (χ0v) is 12.6. The lowest BCUT2D eigenvalue weighted by atomic mass is 10.1. The standard InChI is InChI=1S/C14H16ClN3O3/c1-8-11(9(2)21-18-8)4-3-5-16-13(19)10-6-12(15)14(20)17-7-10/h6-7H,3-5H2,1-2H3,(H,16,19)(H,17,20). The maximum absolute atomic E-state index is 11.9. The summed E-state index contributed by atoms with van der Waals surface area (Å²) in [6, 6.07) is 1.35. The van der Waals surface area contributed by atoms with Gasteiger partial charge < -0.3 is 14.8 Å². The van der Waals surface area contributed by atoms with E-state index in [1.54, 1.807) is 0 Å². The van der Waals surface area contributed by atoms with E-state index < -0.39 is 5.56 Å². The number of carbonyl (C=O) groups excluding carboxylic acids is 1. The number of halogens is 1. The Bertz CT molecular complexity index is 686. The molecular formula is C14H16ClN3O3. The number of nitrogens with one attached hydrogen (secondary N) is 2. The van der Waals surface area contributed by atoms with Crippen molar-refractivity contribution in [1.82, 2.24) is 15.5 Å². The van der Waals surface area contributed by atoms with Crippen molar-refractivity contribution in [2.24, 2.45) is 0 Å². The van der Waals surface area contributed by atoms with Crippen LogP contribution in [0.2, 0.25) is 5.02 Å². The predicted octanol–water partition coefficient (Wildman–Crippen LogP) is 2.00. The van der Waals surface area contributed by atoms with Gasteiger partial charge in [0, 0.05) is 18.3 Å². The summed E-state index contributed by atoms with van der Waals surface area (Å²) < 4.78 is 5.08. The van der Waals surface area contributed by atoms with Crippen molar-refractivity contribution in [2.75, 3.05) is 6.54 Å². The Hall–Kier alpha value is -2.08.